The van der Waals surface area contributed by atoms with Gasteiger partial charge in [-0.25, -0.2) is 14.4 Å². The summed E-state index contributed by atoms with van der Waals surface area (Å²) in [7, 11) is 1.67. The zero-order valence-corrected chi connectivity index (χ0v) is 12.7. The Morgan fingerprint density at radius 2 is 2.24 bits per heavy atom. The van der Waals surface area contributed by atoms with Crippen LogP contribution in [0.15, 0.2) is 41.4 Å². The number of nitrogens with zero attached hydrogens (tertiary/aromatic N) is 2. The predicted molar refractivity (Wildman–Crippen MR) is 81.6 cm³/mol. The normalized spacial score (nSPS) is 10.8. The topological polar surface area (TPSA) is 47.0 Å². The molecule has 0 saturated carbocycles. The number of methoxy groups -OCH3 is 1. The van der Waals surface area contributed by atoms with Gasteiger partial charge in [-0.05, 0) is 24.3 Å². The molecule has 1 heterocycles. The number of ether oxygens (including phenoxy) is 1. The van der Waals surface area contributed by atoms with Crippen LogP contribution in [0.25, 0.3) is 0 Å². The molecule has 21 heavy (non-hydrogen) atoms. The molecule has 0 saturated heterocycles. The lowest BCUT2D eigenvalue weighted by Crippen LogP contribution is -2.19. The van der Waals surface area contributed by atoms with Gasteiger partial charge in [0, 0.05) is 31.3 Å². The van der Waals surface area contributed by atoms with Crippen LogP contribution in [-0.4, -0.2) is 30.2 Å². The van der Waals surface area contributed by atoms with Crippen molar-refractivity contribution >= 4 is 11.8 Å². The van der Waals surface area contributed by atoms with Gasteiger partial charge >= 0.3 is 0 Å². The molecule has 0 aliphatic rings. The van der Waals surface area contributed by atoms with Gasteiger partial charge in [-0.15, -0.1) is 11.8 Å². The predicted octanol–water partition coefficient (Wildman–Crippen LogP) is 2.64. The van der Waals surface area contributed by atoms with E-state index >= 15 is 0 Å². The fourth-order valence-corrected chi connectivity index (χ4v) is 2.51. The minimum absolute atomic E-state index is 0.225. The van der Waals surface area contributed by atoms with Crippen LogP contribution in [0.2, 0.25) is 0 Å². The summed E-state index contributed by atoms with van der Waals surface area (Å²) in [4.78, 5) is 9.60. The van der Waals surface area contributed by atoms with E-state index in [1.165, 1.54) is 23.9 Å². The SMILES string of the molecule is COCCNCc1ccnc(CSc2cccc(F)c2)n1. The van der Waals surface area contributed by atoms with Crippen LogP contribution < -0.4 is 5.32 Å². The highest BCUT2D eigenvalue weighted by Crippen LogP contribution is 2.21. The summed E-state index contributed by atoms with van der Waals surface area (Å²) in [6.45, 7) is 2.14. The Hall–Kier alpha value is -1.50. The molecule has 1 N–H and O–H groups in total. The van der Waals surface area contributed by atoms with E-state index in [0.717, 1.165) is 23.0 Å². The highest BCUT2D eigenvalue weighted by Gasteiger charge is 2.02. The molecule has 1 aromatic heterocycles. The Balaban J connectivity index is 1.86. The van der Waals surface area contributed by atoms with E-state index in [1.807, 2.05) is 12.1 Å². The summed E-state index contributed by atoms with van der Waals surface area (Å²) in [6, 6.07) is 8.42. The standard InChI is InChI=1S/C15H18FN3OS/c1-20-8-7-17-10-13-5-6-18-15(19-13)11-21-14-4-2-3-12(16)9-14/h2-6,9,17H,7-8,10-11H2,1H3. The van der Waals surface area contributed by atoms with Crippen LogP contribution in [0, 0.1) is 5.82 Å². The summed E-state index contributed by atoms with van der Waals surface area (Å²) >= 11 is 1.52. The fraction of sp³-hybridized carbons (Fsp3) is 0.333. The summed E-state index contributed by atoms with van der Waals surface area (Å²) in [5.41, 5.74) is 0.941. The van der Waals surface area contributed by atoms with Crippen molar-refractivity contribution in [3.63, 3.8) is 0 Å². The third-order valence-electron chi connectivity index (χ3n) is 2.72. The number of halogens is 1. The molecular formula is C15H18FN3OS. The van der Waals surface area contributed by atoms with Crippen LogP contribution in [0.1, 0.15) is 11.5 Å². The van der Waals surface area contributed by atoms with Crippen molar-refractivity contribution in [1.29, 1.82) is 0 Å². The van der Waals surface area contributed by atoms with E-state index in [4.69, 9.17) is 4.74 Å². The third kappa shape index (κ3) is 5.79. The number of benzene rings is 1. The first-order valence-corrected chi connectivity index (χ1v) is 7.65. The molecule has 0 aliphatic heterocycles. The van der Waals surface area contributed by atoms with Crippen LogP contribution >= 0.6 is 11.8 Å². The first kappa shape index (κ1) is 15.9. The van der Waals surface area contributed by atoms with Crippen molar-refractivity contribution in [3.8, 4) is 0 Å². The molecule has 6 heteroatoms. The van der Waals surface area contributed by atoms with E-state index < -0.39 is 0 Å². The second-order valence-corrected chi connectivity index (χ2v) is 5.43. The largest absolute Gasteiger partial charge is 0.383 e. The van der Waals surface area contributed by atoms with Crippen LogP contribution in [0.5, 0.6) is 0 Å². The monoisotopic (exact) mass is 307 g/mol. The Morgan fingerprint density at radius 3 is 3.05 bits per heavy atom. The lowest BCUT2D eigenvalue weighted by atomic mass is 10.4. The van der Waals surface area contributed by atoms with E-state index in [-0.39, 0.29) is 5.82 Å². The number of hydrogen-bond acceptors (Lipinski definition) is 5. The van der Waals surface area contributed by atoms with Crippen LogP contribution in [-0.2, 0) is 17.0 Å². The first-order valence-electron chi connectivity index (χ1n) is 6.67. The van der Waals surface area contributed by atoms with E-state index in [2.05, 4.69) is 15.3 Å². The molecule has 0 unspecified atom stereocenters. The maximum Gasteiger partial charge on any atom is 0.138 e. The summed E-state index contributed by atoms with van der Waals surface area (Å²) in [6.07, 6.45) is 1.75. The zero-order chi connectivity index (χ0) is 14.9. The average molecular weight is 307 g/mol. The van der Waals surface area contributed by atoms with Gasteiger partial charge in [0.1, 0.15) is 11.6 Å². The van der Waals surface area contributed by atoms with Gasteiger partial charge in [0.05, 0.1) is 18.1 Å². The molecule has 0 bridgehead atoms. The zero-order valence-electron chi connectivity index (χ0n) is 11.9. The Kier molecular flexibility index (Phi) is 6.59. The highest BCUT2D eigenvalue weighted by atomic mass is 32.2. The lowest BCUT2D eigenvalue weighted by molar-refractivity contribution is 0.199. The molecule has 0 amide bonds. The maximum atomic E-state index is 13.1. The van der Waals surface area contributed by atoms with Crippen molar-refractivity contribution in [3.05, 3.63) is 53.9 Å². The van der Waals surface area contributed by atoms with Gasteiger partial charge in [-0.1, -0.05) is 6.07 Å². The van der Waals surface area contributed by atoms with Crippen molar-refractivity contribution in [2.75, 3.05) is 20.3 Å². The minimum Gasteiger partial charge on any atom is -0.383 e. The number of thioether (sulfide) groups is 1. The first-order chi connectivity index (χ1) is 10.3. The Labute approximate surface area is 128 Å². The molecule has 2 aromatic rings. The van der Waals surface area contributed by atoms with E-state index in [9.17, 15) is 4.39 Å². The minimum atomic E-state index is -0.225. The number of hydrogen-bond donors (Lipinski definition) is 1. The third-order valence-corrected chi connectivity index (χ3v) is 3.71. The van der Waals surface area contributed by atoms with Gasteiger partial charge in [-0.2, -0.15) is 0 Å². The molecule has 2 rings (SSSR count). The molecule has 112 valence electrons. The molecule has 0 aliphatic carbocycles. The molecule has 4 nitrogen and oxygen atoms in total. The van der Waals surface area contributed by atoms with Crippen molar-refractivity contribution < 1.29 is 9.13 Å². The Morgan fingerprint density at radius 1 is 1.33 bits per heavy atom. The van der Waals surface area contributed by atoms with Gasteiger partial charge in [0.2, 0.25) is 0 Å². The lowest BCUT2D eigenvalue weighted by Gasteiger charge is -2.05. The highest BCUT2D eigenvalue weighted by molar-refractivity contribution is 7.98. The molecule has 0 spiro atoms. The van der Waals surface area contributed by atoms with Crippen molar-refractivity contribution in [2.45, 2.75) is 17.2 Å². The second-order valence-electron chi connectivity index (χ2n) is 4.38. The maximum absolute atomic E-state index is 13.1. The summed E-state index contributed by atoms with van der Waals surface area (Å²) in [5, 5.41) is 3.24. The second kappa shape index (κ2) is 8.71. The smallest absolute Gasteiger partial charge is 0.138 e. The molecular weight excluding hydrogens is 289 g/mol. The summed E-state index contributed by atoms with van der Waals surface area (Å²) in [5.74, 6) is 1.14. The summed E-state index contributed by atoms with van der Waals surface area (Å²) < 4.78 is 18.1. The van der Waals surface area contributed by atoms with Gasteiger partial charge in [-0.3, -0.25) is 0 Å². The van der Waals surface area contributed by atoms with E-state index in [1.54, 1.807) is 19.4 Å². The number of nitrogens with one attached hydrogen (secondary N) is 1. The van der Waals surface area contributed by atoms with Crippen molar-refractivity contribution in [2.24, 2.45) is 0 Å². The van der Waals surface area contributed by atoms with Crippen molar-refractivity contribution in [1.82, 2.24) is 15.3 Å². The molecule has 0 fully saturated rings. The average Bonchev–Trinajstić information content (AvgIpc) is 2.50. The van der Waals surface area contributed by atoms with Gasteiger partial charge < -0.3 is 10.1 Å². The molecule has 1 aromatic carbocycles. The Bertz CT molecular complexity index is 568. The van der Waals surface area contributed by atoms with Gasteiger partial charge in [0.15, 0.2) is 0 Å². The molecule has 0 atom stereocenters. The van der Waals surface area contributed by atoms with E-state index in [0.29, 0.717) is 18.9 Å². The quantitative estimate of drug-likeness (QED) is 0.600. The fourth-order valence-electron chi connectivity index (χ4n) is 1.70. The number of rotatable bonds is 8. The molecule has 0 radical (unpaired) electrons. The van der Waals surface area contributed by atoms with Gasteiger partial charge in [0.25, 0.3) is 0 Å². The van der Waals surface area contributed by atoms with Crippen LogP contribution in [0.4, 0.5) is 4.39 Å². The number of aromatic nitrogens is 2. The van der Waals surface area contributed by atoms with Crippen LogP contribution in [0.3, 0.4) is 0 Å².